The minimum absolute atomic E-state index is 0.0156. The van der Waals surface area contributed by atoms with Gasteiger partial charge >= 0.3 is 6.18 Å². The Morgan fingerprint density at radius 1 is 1.12 bits per heavy atom. The SMILES string of the molecule is CCCn1nc(C)c2c(C(F)(F)F)cc(-c3ccc(F)cc3)nc21. The molecule has 0 radical (unpaired) electrons. The van der Waals surface area contributed by atoms with Crippen LogP contribution in [0.1, 0.15) is 24.6 Å². The van der Waals surface area contributed by atoms with E-state index in [4.69, 9.17) is 0 Å². The van der Waals surface area contributed by atoms with Crippen molar-refractivity contribution in [3.05, 3.63) is 47.4 Å². The number of rotatable bonds is 3. The van der Waals surface area contributed by atoms with Gasteiger partial charge in [-0.15, -0.1) is 0 Å². The Hall–Kier alpha value is -2.44. The average Bonchev–Trinajstić information content (AvgIpc) is 2.83. The lowest BCUT2D eigenvalue weighted by molar-refractivity contribution is -0.136. The molecule has 0 aliphatic carbocycles. The molecule has 3 nitrogen and oxygen atoms in total. The summed E-state index contributed by atoms with van der Waals surface area (Å²) < 4.78 is 55.2. The van der Waals surface area contributed by atoms with Crippen molar-refractivity contribution in [1.29, 1.82) is 0 Å². The van der Waals surface area contributed by atoms with Crippen LogP contribution in [0.15, 0.2) is 30.3 Å². The summed E-state index contributed by atoms with van der Waals surface area (Å²) in [5, 5.41) is 4.21. The first-order valence-corrected chi connectivity index (χ1v) is 7.52. The van der Waals surface area contributed by atoms with Gasteiger partial charge in [0.2, 0.25) is 0 Å². The second-order valence-corrected chi connectivity index (χ2v) is 5.57. The molecule has 3 rings (SSSR count). The van der Waals surface area contributed by atoms with E-state index < -0.39 is 17.6 Å². The van der Waals surface area contributed by atoms with Gasteiger partial charge in [-0.25, -0.2) is 14.1 Å². The van der Waals surface area contributed by atoms with E-state index in [9.17, 15) is 17.6 Å². The summed E-state index contributed by atoms with van der Waals surface area (Å²) in [4.78, 5) is 4.37. The van der Waals surface area contributed by atoms with E-state index in [1.54, 1.807) is 6.92 Å². The van der Waals surface area contributed by atoms with Crippen LogP contribution in [0, 0.1) is 12.7 Å². The van der Waals surface area contributed by atoms with Gasteiger partial charge in [0, 0.05) is 12.1 Å². The fourth-order valence-corrected chi connectivity index (χ4v) is 2.71. The molecule has 126 valence electrons. The molecule has 0 spiro atoms. The Bertz CT molecular complexity index is 879. The van der Waals surface area contributed by atoms with E-state index in [1.165, 1.54) is 28.9 Å². The minimum atomic E-state index is -4.53. The summed E-state index contributed by atoms with van der Waals surface area (Å²) in [7, 11) is 0. The third kappa shape index (κ3) is 2.86. The summed E-state index contributed by atoms with van der Waals surface area (Å²) in [6.07, 6.45) is -3.80. The molecule has 0 fully saturated rings. The van der Waals surface area contributed by atoms with Crippen LogP contribution >= 0.6 is 0 Å². The van der Waals surface area contributed by atoms with Gasteiger partial charge in [0.25, 0.3) is 0 Å². The number of pyridine rings is 1. The van der Waals surface area contributed by atoms with Gasteiger partial charge in [-0.2, -0.15) is 18.3 Å². The van der Waals surface area contributed by atoms with E-state index in [-0.39, 0.29) is 16.7 Å². The zero-order valence-electron chi connectivity index (χ0n) is 13.2. The number of benzene rings is 1. The van der Waals surface area contributed by atoms with Gasteiger partial charge < -0.3 is 0 Å². The molecule has 7 heteroatoms. The van der Waals surface area contributed by atoms with Crippen molar-refractivity contribution in [3.8, 4) is 11.3 Å². The number of hydrogen-bond donors (Lipinski definition) is 0. The Balaban J connectivity index is 2.32. The largest absolute Gasteiger partial charge is 0.417 e. The van der Waals surface area contributed by atoms with E-state index in [0.717, 1.165) is 12.5 Å². The summed E-state index contributed by atoms with van der Waals surface area (Å²) in [5.41, 5.74) is 0.289. The fourth-order valence-electron chi connectivity index (χ4n) is 2.71. The molecule has 2 aromatic heterocycles. The van der Waals surface area contributed by atoms with Gasteiger partial charge in [0.15, 0.2) is 5.65 Å². The lowest BCUT2D eigenvalue weighted by Crippen LogP contribution is -2.08. The smallest absolute Gasteiger partial charge is 0.247 e. The third-order valence-corrected chi connectivity index (χ3v) is 3.76. The van der Waals surface area contributed by atoms with Gasteiger partial charge in [-0.1, -0.05) is 6.92 Å². The van der Waals surface area contributed by atoms with Crippen LogP contribution in [0.3, 0.4) is 0 Å². The van der Waals surface area contributed by atoms with Gasteiger partial charge in [-0.05, 0) is 43.7 Å². The minimum Gasteiger partial charge on any atom is -0.247 e. The number of aryl methyl sites for hydroxylation is 2. The maximum atomic E-state index is 13.5. The highest BCUT2D eigenvalue weighted by atomic mass is 19.4. The molecule has 3 aromatic rings. The van der Waals surface area contributed by atoms with Crippen molar-refractivity contribution in [2.24, 2.45) is 0 Å². The monoisotopic (exact) mass is 337 g/mol. The Morgan fingerprint density at radius 2 is 1.79 bits per heavy atom. The normalized spacial score (nSPS) is 12.1. The zero-order valence-corrected chi connectivity index (χ0v) is 13.2. The van der Waals surface area contributed by atoms with Crippen molar-refractivity contribution < 1.29 is 17.6 Å². The van der Waals surface area contributed by atoms with Crippen LogP contribution in [0.25, 0.3) is 22.3 Å². The number of nitrogens with zero attached hydrogens (tertiary/aromatic N) is 3. The summed E-state index contributed by atoms with van der Waals surface area (Å²) >= 11 is 0. The molecule has 0 aliphatic heterocycles. The third-order valence-electron chi connectivity index (χ3n) is 3.76. The molecule has 24 heavy (non-hydrogen) atoms. The van der Waals surface area contributed by atoms with Crippen molar-refractivity contribution in [1.82, 2.24) is 14.8 Å². The molecule has 1 aromatic carbocycles. The molecule has 0 atom stereocenters. The van der Waals surface area contributed by atoms with Crippen LogP contribution in [0.2, 0.25) is 0 Å². The predicted molar refractivity (Wildman–Crippen MR) is 83.0 cm³/mol. The summed E-state index contributed by atoms with van der Waals surface area (Å²) in [5.74, 6) is -0.456. The Kier molecular flexibility index (Phi) is 4.03. The van der Waals surface area contributed by atoms with Gasteiger partial charge in [0.1, 0.15) is 5.82 Å². The maximum absolute atomic E-state index is 13.5. The number of fused-ring (bicyclic) bond motifs is 1. The number of hydrogen-bond acceptors (Lipinski definition) is 2. The Labute approximate surface area is 135 Å². The van der Waals surface area contributed by atoms with E-state index in [2.05, 4.69) is 10.1 Å². The zero-order chi connectivity index (χ0) is 17.5. The van der Waals surface area contributed by atoms with Crippen molar-refractivity contribution in [3.63, 3.8) is 0 Å². The molecule has 2 heterocycles. The average molecular weight is 337 g/mol. The molecule has 0 saturated carbocycles. The first-order valence-electron chi connectivity index (χ1n) is 7.52. The van der Waals surface area contributed by atoms with Crippen molar-refractivity contribution in [2.75, 3.05) is 0 Å². The molecule has 0 amide bonds. The van der Waals surface area contributed by atoms with Crippen LogP contribution in [-0.2, 0) is 12.7 Å². The quantitative estimate of drug-likeness (QED) is 0.632. The second kappa shape index (κ2) is 5.89. The Morgan fingerprint density at radius 3 is 2.38 bits per heavy atom. The molecular weight excluding hydrogens is 322 g/mol. The maximum Gasteiger partial charge on any atom is 0.417 e. The predicted octanol–water partition coefficient (Wildman–Crippen LogP) is 4.97. The number of alkyl halides is 3. The van der Waals surface area contributed by atoms with Crippen LogP contribution < -0.4 is 0 Å². The topological polar surface area (TPSA) is 30.7 Å². The van der Waals surface area contributed by atoms with Gasteiger partial charge in [-0.3, -0.25) is 0 Å². The number of aromatic nitrogens is 3. The molecule has 0 aliphatic rings. The highest BCUT2D eigenvalue weighted by molar-refractivity contribution is 5.85. The second-order valence-electron chi connectivity index (χ2n) is 5.57. The van der Waals surface area contributed by atoms with Crippen molar-refractivity contribution in [2.45, 2.75) is 33.0 Å². The summed E-state index contributed by atoms with van der Waals surface area (Å²) in [6.45, 7) is 3.93. The lowest BCUT2D eigenvalue weighted by Gasteiger charge is -2.11. The van der Waals surface area contributed by atoms with Crippen LogP contribution in [0.5, 0.6) is 0 Å². The van der Waals surface area contributed by atoms with E-state index >= 15 is 0 Å². The molecule has 0 saturated heterocycles. The standard InChI is InChI=1S/C17H15F4N3/c1-3-8-24-16-15(10(2)23-24)13(17(19,20)21)9-14(22-16)11-4-6-12(18)7-5-11/h4-7,9H,3,8H2,1-2H3. The molecule has 0 N–H and O–H groups in total. The fraction of sp³-hybridized carbons (Fsp3) is 0.294. The van der Waals surface area contributed by atoms with E-state index in [1.807, 2.05) is 6.92 Å². The van der Waals surface area contributed by atoms with Crippen LogP contribution in [-0.4, -0.2) is 14.8 Å². The molecule has 0 bridgehead atoms. The van der Waals surface area contributed by atoms with E-state index in [0.29, 0.717) is 17.8 Å². The first kappa shape index (κ1) is 16.4. The highest BCUT2D eigenvalue weighted by Gasteiger charge is 2.35. The highest BCUT2D eigenvalue weighted by Crippen LogP contribution is 2.38. The first-order chi connectivity index (χ1) is 11.3. The number of halogens is 4. The van der Waals surface area contributed by atoms with Crippen LogP contribution in [0.4, 0.5) is 17.6 Å². The summed E-state index contributed by atoms with van der Waals surface area (Å²) in [6, 6.07) is 6.22. The molecule has 0 unspecified atom stereocenters. The van der Waals surface area contributed by atoms with Gasteiger partial charge in [0.05, 0.1) is 22.3 Å². The molecular formula is C17H15F4N3. The van der Waals surface area contributed by atoms with Crippen molar-refractivity contribution >= 4 is 11.0 Å². The lowest BCUT2D eigenvalue weighted by atomic mass is 10.1.